The van der Waals surface area contributed by atoms with E-state index in [0.29, 0.717) is 42.9 Å². The first-order chi connectivity index (χ1) is 18.9. The number of rotatable bonds is 8. The molecule has 4 heterocycles. The molecule has 0 amide bonds. The molecule has 1 aliphatic rings. The van der Waals surface area contributed by atoms with Gasteiger partial charge >= 0.3 is 5.97 Å². The molecular formula is C28H25N3O6S2. The van der Waals surface area contributed by atoms with Gasteiger partial charge in [-0.15, -0.1) is 0 Å². The zero-order valence-electron chi connectivity index (χ0n) is 21.7. The number of hydrogen-bond donors (Lipinski definition) is 0. The molecular weight excluding hydrogens is 538 g/mol. The predicted octanol–water partition coefficient (Wildman–Crippen LogP) is 3.95. The van der Waals surface area contributed by atoms with Crippen molar-refractivity contribution in [1.29, 1.82) is 0 Å². The Morgan fingerprint density at radius 3 is 2.69 bits per heavy atom. The Balaban J connectivity index is 1.61. The molecule has 4 aromatic rings. The summed E-state index contributed by atoms with van der Waals surface area (Å²) in [6.07, 6.45) is 3.40. The minimum absolute atomic E-state index is 0.191. The molecule has 9 nitrogen and oxygen atoms in total. The number of nitrogens with zero attached hydrogens (tertiary/aromatic N) is 3. The van der Waals surface area contributed by atoms with E-state index in [2.05, 4.69) is 9.98 Å². The molecule has 1 aromatic carbocycles. The first kappa shape index (κ1) is 26.5. The summed E-state index contributed by atoms with van der Waals surface area (Å²) in [5, 5.41) is 1.45. The van der Waals surface area contributed by atoms with Crippen LogP contribution in [0.4, 0.5) is 0 Å². The molecule has 0 fully saturated rings. The van der Waals surface area contributed by atoms with E-state index in [9.17, 15) is 9.59 Å². The molecule has 0 spiro atoms. The Kier molecular flexibility index (Phi) is 7.71. The summed E-state index contributed by atoms with van der Waals surface area (Å²) in [5.41, 5.74) is 1.12. The Bertz CT molecular complexity index is 1740. The van der Waals surface area contributed by atoms with Gasteiger partial charge in [0.15, 0.2) is 21.4 Å². The van der Waals surface area contributed by atoms with E-state index < -0.39 is 12.0 Å². The van der Waals surface area contributed by atoms with Crippen molar-refractivity contribution in [3.05, 3.63) is 97.0 Å². The number of methoxy groups -OCH3 is 2. The van der Waals surface area contributed by atoms with E-state index in [1.54, 1.807) is 57.5 Å². The topological polar surface area (TPSA) is 105 Å². The van der Waals surface area contributed by atoms with Crippen LogP contribution in [-0.4, -0.2) is 36.3 Å². The SMILES string of the molecule is CCOC(=O)C1=C(C)N=c2s/c(=C\c3ccc(Sc4ccccn4)o3)c(=O)n2[C@@H]1c1ccc(OC)c(OC)c1. The van der Waals surface area contributed by atoms with Crippen LogP contribution in [0.3, 0.4) is 0 Å². The maximum atomic E-state index is 13.8. The number of esters is 1. The zero-order chi connectivity index (χ0) is 27.5. The molecule has 0 N–H and O–H groups in total. The first-order valence-corrected chi connectivity index (χ1v) is 13.7. The van der Waals surface area contributed by atoms with E-state index in [-0.39, 0.29) is 17.7 Å². The van der Waals surface area contributed by atoms with Gasteiger partial charge in [0.1, 0.15) is 10.8 Å². The summed E-state index contributed by atoms with van der Waals surface area (Å²) in [5.74, 6) is 0.991. The second-order valence-corrected chi connectivity index (χ2v) is 10.4. The number of furan rings is 1. The molecule has 200 valence electrons. The number of carbonyl (C=O) groups excluding carboxylic acids is 1. The summed E-state index contributed by atoms with van der Waals surface area (Å²) in [6.45, 7) is 3.67. The Morgan fingerprint density at radius 2 is 1.97 bits per heavy atom. The number of hydrogen-bond acceptors (Lipinski definition) is 10. The third kappa shape index (κ3) is 5.27. The van der Waals surface area contributed by atoms with Gasteiger partial charge in [-0.05, 0) is 67.6 Å². The molecule has 0 radical (unpaired) electrons. The highest BCUT2D eigenvalue weighted by molar-refractivity contribution is 7.99. The molecule has 0 saturated heterocycles. The highest BCUT2D eigenvalue weighted by Crippen LogP contribution is 2.36. The van der Waals surface area contributed by atoms with E-state index >= 15 is 0 Å². The minimum atomic E-state index is -0.769. The highest BCUT2D eigenvalue weighted by atomic mass is 32.2. The molecule has 1 atom stereocenters. The van der Waals surface area contributed by atoms with Gasteiger partial charge in [-0.25, -0.2) is 14.8 Å². The van der Waals surface area contributed by atoms with Gasteiger partial charge in [-0.3, -0.25) is 9.36 Å². The van der Waals surface area contributed by atoms with E-state index in [4.69, 9.17) is 18.6 Å². The lowest BCUT2D eigenvalue weighted by atomic mass is 9.95. The molecule has 39 heavy (non-hydrogen) atoms. The van der Waals surface area contributed by atoms with Crippen LogP contribution in [0.2, 0.25) is 0 Å². The number of allylic oxidation sites excluding steroid dienone is 1. The predicted molar refractivity (Wildman–Crippen MR) is 147 cm³/mol. The van der Waals surface area contributed by atoms with Crippen molar-refractivity contribution in [1.82, 2.24) is 9.55 Å². The second kappa shape index (κ2) is 11.3. The monoisotopic (exact) mass is 563 g/mol. The zero-order valence-corrected chi connectivity index (χ0v) is 23.3. The van der Waals surface area contributed by atoms with Crippen LogP contribution in [0.5, 0.6) is 11.5 Å². The van der Waals surface area contributed by atoms with Crippen LogP contribution in [-0.2, 0) is 9.53 Å². The largest absolute Gasteiger partial charge is 0.493 e. The van der Waals surface area contributed by atoms with Gasteiger partial charge in [-0.2, -0.15) is 0 Å². The molecule has 0 unspecified atom stereocenters. The number of fused-ring (bicyclic) bond motifs is 1. The van der Waals surface area contributed by atoms with Crippen LogP contribution in [0.25, 0.3) is 6.08 Å². The molecule has 11 heteroatoms. The van der Waals surface area contributed by atoms with Gasteiger partial charge in [0.05, 0.1) is 42.7 Å². The van der Waals surface area contributed by atoms with Crippen molar-refractivity contribution in [3.63, 3.8) is 0 Å². The van der Waals surface area contributed by atoms with E-state index in [1.165, 1.54) is 34.8 Å². The molecule has 3 aromatic heterocycles. The van der Waals surface area contributed by atoms with E-state index in [1.807, 2.05) is 24.3 Å². The Morgan fingerprint density at radius 1 is 1.15 bits per heavy atom. The smallest absolute Gasteiger partial charge is 0.338 e. The van der Waals surface area contributed by atoms with Gasteiger partial charge in [-0.1, -0.05) is 23.5 Å². The highest BCUT2D eigenvalue weighted by Gasteiger charge is 2.34. The standard InChI is InChI=1S/C28H25N3O6S2/c1-5-36-27(33)24-16(2)30-28-31(25(24)17-9-11-19(34-3)20(14-17)35-4)26(32)21(38-28)15-18-10-12-23(37-18)39-22-8-6-7-13-29-22/h6-15,25H,5H2,1-4H3/b21-15-/t25-/m1/s1. The average molecular weight is 564 g/mol. The molecule has 0 bridgehead atoms. The normalized spacial score (nSPS) is 15.1. The van der Waals surface area contributed by atoms with Gasteiger partial charge in [0.25, 0.3) is 5.56 Å². The average Bonchev–Trinajstić information content (AvgIpc) is 3.51. The van der Waals surface area contributed by atoms with Crippen LogP contribution < -0.4 is 24.4 Å². The lowest BCUT2D eigenvalue weighted by molar-refractivity contribution is -0.139. The maximum absolute atomic E-state index is 13.8. The van der Waals surface area contributed by atoms with Crippen molar-refractivity contribution in [3.8, 4) is 11.5 Å². The Labute approximate surface area is 232 Å². The van der Waals surface area contributed by atoms with Gasteiger partial charge in [0.2, 0.25) is 0 Å². The number of pyridine rings is 1. The van der Waals surface area contributed by atoms with Gasteiger partial charge in [0, 0.05) is 12.3 Å². The first-order valence-electron chi connectivity index (χ1n) is 12.0. The maximum Gasteiger partial charge on any atom is 0.338 e. The van der Waals surface area contributed by atoms with Crippen molar-refractivity contribution in [2.45, 2.75) is 30.0 Å². The van der Waals surface area contributed by atoms with Crippen molar-refractivity contribution in [2.75, 3.05) is 20.8 Å². The number of carbonyl (C=O) groups is 1. The number of ether oxygens (including phenoxy) is 3. The molecule has 0 aliphatic carbocycles. The van der Waals surface area contributed by atoms with Crippen LogP contribution in [0, 0.1) is 0 Å². The molecule has 5 rings (SSSR count). The number of aromatic nitrogens is 2. The second-order valence-electron chi connectivity index (χ2n) is 8.34. The number of thiazole rings is 1. The van der Waals surface area contributed by atoms with Gasteiger partial charge < -0.3 is 18.6 Å². The third-order valence-corrected chi connectivity index (χ3v) is 7.81. The summed E-state index contributed by atoms with van der Waals surface area (Å²) in [7, 11) is 3.08. The van der Waals surface area contributed by atoms with Crippen LogP contribution in [0.15, 0.2) is 90.3 Å². The van der Waals surface area contributed by atoms with Crippen molar-refractivity contribution >= 4 is 35.1 Å². The quantitative estimate of drug-likeness (QED) is 0.297. The lowest BCUT2D eigenvalue weighted by Crippen LogP contribution is -2.39. The van der Waals surface area contributed by atoms with E-state index in [0.717, 1.165) is 5.03 Å². The summed E-state index contributed by atoms with van der Waals surface area (Å²) in [6, 6.07) is 13.8. The fraction of sp³-hybridized carbons (Fsp3) is 0.214. The summed E-state index contributed by atoms with van der Waals surface area (Å²) < 4.78 is 24.1. The fourth-order valence-corrected chi connectivity index (χ4v) is 6.00. The number of benzene rings is 1. The van der Waals surface area contributed by atoms with Crippen LogP contribution in [0.1, 0.15) is 31.2 Å². The molecule has 0 saturated carbocycles. The fourth-order valence-electron chi connectivity index (χ4n) is 4.24. The lowest BCUT2D eigenvalue weighted by Gasteiger charge is -2.25. The summed E-state index contributed by atoms with van der Waals surface area (Å²) in [4.78, 5) is 36.3. The summed E-state index contributed by atoms with van der Waals surface area (Å²) >= 11 is 2.61. The molecule has 1 aliphatic heterocycles. The van der Waals surface area contributed by atoms with Crippen molar-refractivity contribution in [2.24, 2.45) is 4.99 Å². The minimum Gasteiger partial charge on any atom is -0.493 e. The van der Waals surface area contributed by atoms with Crippen molar-refractivity contribution < 1.29 is 23.4 Å². The third-order valence-electron chi connectivity index (χ3n) is 5.96. The Hall–Kier alpha value is -4.09. The van der Waals surface area contributed by atoms with Crippen LogP contribution >= 0.6 is 23.1 Å².